The molecule has 1 aliphatic rings. The molecule has 2 unspecified atom stereocenters. The fourth-order valence-electron chi connectivity index (χ4n) is 2.28. The molecule has 0 aromatic rings. The van der Waals surface area contributed by atoms with Gasteiger partial charge in [-0.2, -0.15) is 0 Å². The zero-order valence-electron chi connectivity index (χ0n) is 10.2. The number of hydrogen-bond acceptors (Lipinski definition) is 3. The molecule has 0 aromatic carbocycles. The highest BCUT2D eigenvalue weighted by Crippen LogP contribution is 2.21. The second-order valence-corrected chi connectivity index (χ2v) is 5.08. The molecule has 0 spiro atoms. The number of hydrazine groups is 1. The topological polar surface area (TPSA) is 47.3 Å². The minimum absolute atomic E-state index is 0.448. The van der Waals surface area contributed by atoms with E-state index in [2.05, 4.69) is 19.3 Å². The first-order chi connectivity index (χ1) is 7.24. The Labute approximate surface area is 93.7 Å². The highest BCUT2D eigenvalue weighted by Gasteiger charge is 2.22. The first-order valence-corrected chi connectivity index (χ1v) is 6.28. The summed E-state index contributed by atoms with van der Waals surface area (Å²) in [6.07, 6.45) is 6.20. The molecule has 2 atom stereocenters. The molecule has 0 radical (unpaired) electrons. The Bertz CT molecular complexity index is 156. The van der Waals surface area contributed by atoms with Gasteiger partial charge < -0.3 is 4.74 Å². The SMILES string of the molecule is CC(C)CCCC(NN)C1CCCOC1. The lowest BCUT2D eigenvalue weighted by Gasteiger charge is -2.29. The van der Waals surface area contributed by atoms with Crippen LogP contribution < -0.4 is 11.3 Å². The molecule has 3 nitrogen and oxygen atoms in total. The van der Waals surface area contributed by atoms with Crippen LogP contribution in [0, 0.1) is 11.8 Å². The molecule has 90 valence electrons. The Morgan fingerprint density at radius 1 is 1.40 bits per heavy atom. The lowest BCUT2D eigenvalue weighted by Crippen LogP contribution is -2.43. The third kappa shape index (κ3) is 4.96. The summed E-state index contributed by atoms with van der Waals surface area (Å²) in [5, 5.41) is 0. The molecule has 0 amide bonds. The van der Waals surface area contributed by atoms with Gasteiger partial charge in [0.15, 0.2) is 0 Å². The standard InChI is InChI=1S/C12H26N2O/c1-10(2)5-3-7-12(14-13)11-6-4-8-15-9-11/h10-12,14H,3-9,13H2,1-2H3. The van der Waals surface area contributed by atoms with Crippen LogP contribution in [0.15, 0.2) is 0 Å². The fourth-order valence-corrected chi connectivity index (χ4v) is 2.28. The van der Waals surface area contributed by atoms with E-state index in [4.69, 9.17) is 10.6 Å². The fraction of sp³-hybridized carbons (Fsp3) is 1.00. The molecular weight excluding hydrogens is 188 g/mol. The Hall–Kier alpha value is -0.120. The molecule has 0 saturated carbocycles. The first kappa shape index (κ1) is 12.9. The van der Waals surface area contributed by atoms with Crippen LogP contribution in [-0.4, -0.2) is 19.3 Å². The number of ether oxygens (including phenoxy) is 1. The van der Waals surface area contributed by atoms with E-state index >= 15 is 0 Å². The van der Waals surface area contributed by atoms with Crippen LogP contribution in [-0.2, 0) is 4.74 Å². The molecule has 0 bridgehead atoms. The Morgan fingerprint density at radius 2 is 2.20 bits per heavy atom. The van der Waals surface area contributed by atoms with Crippen LogP contribution in [0.25, 0.3) is 0 Å². The molecule has 1 heterocycles. The quantitative estimate of drug-likeness (QED) is 0.525. The third-order valence-corrected chi connectivity index (χ3v) is 3.28. The molecular formula is C12H26N2O. The maximum Gasteiger partial charge on any atom is 0.0509 e. The van der Waals surface area contributed by atoms with Gasteiger partial charge in [-0.3, -0.25) is 11.3 Å². The molecule has 15 heavy (non-hydrogen) atoms. The smallest absolute Gasteiger partial charge is 0.0509 e. The van der Waals surface area contributed by atoms with Gasteiger partial charge in [-0.25, -0.2) is 0 Å². The van der Waals surface area contributed by atoms with Gasteiger partial charge in [0, 0.05) is 12.6 Å². The van der Waals surface area contributed by atoms with Crippen LogP contribution in [0.2, 0.25) is 0 Å². The summed E-state index contributed by atoms with van der Waals surface area (Å²) in [7, 11) is 0. The van der Waals surface area contributed by atoms with Crippen LogP contribution in [0.5, 0.6) is 0 Å². The van der Waals surface area contributed by atoms with Crippen molar-refractivity contribution in [1.82, 2.24) is 5.43 Å². The van der Waals surface area contributed by atoms with Crippen LogP contribution in [0.3, 0.4) is 0 Å². The molecule has 3 heteroatoms. The van der Waals surface area contributed by atoms with Crippen LogP contribution in [0.1, 0.15) is 46.0 Å². The highest BCUT2D eigenvalue weighted by molar-refractivity contribution is 4.76. The summed E-state index contributed by atoms with van der Waals surface area (Å²) in [6.45, 7) is 6.36. The summed E-state index contributed by atoms with van der Waals surface area (Å²) in [5.74, 6) is 7.03. The minimum atomic E-state index is 0.448. The van der Waals surface area contributed by atoms with Gasteiger partial charge in [0.2, 0.25) is 0 Å². The average Bonchev–Trinajstić information content (AvgIpc) is 2.25. The van der Waals surface area contributed by atoms with Crippen molar-refractivity contribution < 1.29 is 4.74 Å². The summed E-state index contributed by atoms with van der Waals surface area (Å²) in [5.41, 5.74) is 2.97. The maximum absolute atomic E-state index is 5.61. The molecule has 1 fully saturated rings. The van der Waals surface area contributed by atoms with Gasteiger partial charge in [0.05, 0.1) is 6.61 Å². The zero-order chi connectivity index (χ0) is 11.1. The van der Waals surface area contributed by atoms with Gasteiger partial charge in [-0.1, -0.05) is 26.7 Å². The van der Waals surface area contributed by atoms with Gasteiger partial charge in [-0.15, -0.1) is 0 Å². The third-order valence-electron chi connectivity index (χ3n) is 3.28. The van der Waals surface area contributed by atoms with Crippen molar-refractivity contribution in [1.29, 1.82) is 0 Å². The lowest BCUT2D eigenvalue weighted by molar-refractivity contribution is 0.0374. The molecule has 1 saturated heterocycles. The summed E-state index contributed by atoms with van der Waals surface area (Å²) in [6, 6.07) is 0.448. The normalized spacial score (nSPS) is 24.4. The van der Waals surface area contributed by atoms with Crippen LogP contribution >= 0.6 is 0 Å². The Kier molecular flexibility index (Phi) is 6.22. The second-order valence-electron chi connectivity index (χ2n) is 5.08. The second kappa shape index (κ2) is 7.20. The number of rotatable bonds is 6. The zero-order valence-corrected chi connectivity index (χ0v) is 10.2. The van der Waals surface area contributed by atoms with Gasteiger partial charge >= 0.3 is 0 Å². The van der Waals surface area contributed by atoms with E-state index in [1.54, 1.807) is 0 Å². The Morgan fingerprint density at radius 3 is 2.73 bits per heavy atom. The van der Waals surface area contributed by atoms with Gasteiger partial charge in [0.1, 0.15) is 0 Å². The predicted octanol–water partition coefficient (Wildman–Crippen LogP) is 2.07. The molecule has 1 aliphatic heterocycles. The van der Waals surface area contributed by atoms with Crippen molar-refractivity contribution in [3.8, 4) is 0 Å². The molecule has 1 rings (SSSR count). The van der Waals surface area contributed by atoms with Crippen molar-refractivity contribution >= 4 is 0 Å². The van der Waals surface area contributed by atoms with Crippen molar-refractivity contribution in [3.63, 3.8) is 0 Å². The van der Waals surface area contributed by atoms with E-state index < -0.39 is 0 Å². The summed E-state index contributed by atoms with van der Waals surface area (Å²) in [4.78, 5) is 0. The number of nitrogens with two attached hydrogens (primary N) is 1. The summed E-state index contributed by atoms with van der Waals surface area (Å²) < 4.78 is 5.50. The highest BCUT2D eigenvalue weighted by atomic mass is 16.5. The molecule has 0 aliphatic carbocycles. The van der Waals surface area contributed by atoms with Crippen molar-refractivity contribution in [3.05, 3.63) is 0 Å². The molecule has 0 aromatic heterocycles. The number of nitrogens with one attached hydrogen (secondary N) is 1. The monoisotopic (exact) mass is 214 g/mol. The number of hydrogen-bond donors (Lipinski definition) is 2. The van der Waals surface area contributed by atoms with E-state index in [1.165, 1.54) is 32.1 Å². The van der Waals surface area contributed by atoms with E-state index in [0.717, 1.165) is 19.1 Å². The molecule has 3 N–H and O–H groups in total. The maximum atomic E-state index is 5.61. The van der Waals surface area contributed by atoms with Crippen LogP contribution in [0.4, 0.5) is 0 Å². The van der Waals surface area contributed by atoms with Gasteiger partial charge in [-0.05, 0) is 31.1 Å². The van der Waals surface area contributed by atoms with E-state index in [1.807, 2.05) is 0 Å². The first-order valence-electron chi connectivity index (χ1n) is 6.28. The van der Waals surface area contributed by atoms with Crippen molar-refractivity contribution in [2.45, 2.75) is 52.0 Å². The summed E-state index contributed by atoms with van der Waals surface area (Å²) >= 11 is 0. The van der Waals surface area contributed by atoms with E-state index in [0.29, 0.717) is 12.0 Å². The predicted molar refractivity (Wildman–Crippen MR) is 63.3 cm³/mol. The average molecular weight is 214 g/mol. The Balaban J connectivity index is 2.21. The van der Waals surface area contributed by atoms with E-state index in [9.17, 15) is 0 Å². The van der Waals surface area contributed by atoms with Gasteiger partial charge in [0.25, 0.3) is 0 Å². The van der Waals surface area contributed by atoms with Crippen molar-refractivity contribution in [2.75, 3.05) is 13.2 Å². The minimum Gasteiger partial charge on any atom is -0.381 e. The lowest BCUT2D eigenvalue weighted by atomic mass is 9.90. The van der Waals surface area contributed by atoms with E-state index in [-0.39, 0.29) is 0 Å². The van der Waals surface area contributed by atoms with Crippen molar-refractivity contribution in [2.24, 2.45) is 17.7 Å². The largest absolute Gasteiger partial charge is 0.381 e.